The van der Waals surface area contributed by atoms with Crippen LogP contribution in [0.25, 0.3) is 64.6 Å². The van der Waals surface area contributed by atoms with Crippen molar-refractivity contribution in [3.05, 3.63) is 406 Å². The second kappa shape index (κ2) is 31.9. The van der Waals surface area contributed by atoms with Crippen LogP contribution in [-0.2, 0) is 0 Å². The Hall–Kier alpha value is -14.1. The van der Waals surface area contributed by atoms with Crippen molar-refractivity contribution < 1.29 is 9.47 Å². The number of aryl methyl sites for hydroxylation is 1. The van der Waals surface area contributed by atoms with Gasteiger partial charge in [-0.1, -0.05) is 200 Å². The Morgan fingerprint density at radius 2 is 0.382 bits per heavy atom. The molecule has 110 heavy (non-hydrogen) atoms. The summed E-state index contributed by atoms with van der Waals surface area (Å²) < 4.78 is 10.7. The van der Waals surface area contributed by atoms with Gasteiger partial charge in [-0.25, -0.2) is 0 Å². The molecule has 0 aliphatic rings. The molecule has 18 aromatic carbocycles. The van der Waals surface area contributed by atoms with Crippen molar-refractivity contribution in [2.24, 2.45) is 0 Å². The lowest BCUT2D eigenvalue weighted by Crippen LogP contribution is -2.12. The van der Waals surface area contributed by atoms with Gasteiger partial charge in [-0.3, -0.25) is 0 Å². The maximum atomic E-state index is 5.42. The molecule has 8 heteroatoms. The molecule has 8 nitrogen and oxygen atoms in total. The van der Waals surface area contributed by atoms with Crippen LogP contribution in [0.4, 0.5) is 85.3 Å². The maximum absolute atomic E-state index is 5.42. The number of hydrogen-bond donors (Lipinski definition) is 0. The molecule has 0 aromatic heterocycles. The van der Waals surface area contributed by atoms with E-state index in [1.807, 2.05) is 30.3 Å². The van der Waals surface area contributed by atoms with E-state index in [2.05, 4.69) is 428 Å². The average molecular weight is 1430 g/mol. The first kappa shape index (κ1) is 70.2. The zero-order chi connectivity index (χ0) is 74.9. The smallest absolute Gasteiger partial charge is 0.120 e. The second-order valence-electron chi connectivity index (χ2n) is 27.7. The summed E-state index contributed by atoms with van der Waals surface area (Å²) in [6.07, 6.45) is 0. The Kier molecular flexibility index (Phi) is 20.4. The molecule has 0 spiro atoms. The first-order valence-electron chi connectivity index (χ1n) is 37.2. The minimum absolute atomic E-state index is 0.847. The number of methoxy groups -OCH3 is 2. The van der Waals surface area contributed by atoms with Gasteiger partial charge >= 0.3 is 0 Å². The minimum atomic E-state index is 0.847. The molecule has 0 bridgehead atoms. The van der Waals surface area contributed by atoms with Crippen molar-refractivity contribution in [1.82, 2.24) is 0 Å². The Bertz CT molecular complexity index is 6010. The molecular formula is C102H84N6O2. The topological polar surface area (TPSA) is 37.9 Å². The zero-order valence-corrected chi connectivity index (χ0v) is 62.6. The largest absolute Gasteiger partial charge is 0.497 e. The van der Waals surface area contributed by atoms with Crippen molar-refractivity contribution in [2.75, 3.05) is 64.8 Å². The molecule has 18 rings (SSSR count). The van der Waals surface area contributed by atoms with E-state index in [9.17, 15) is 0 Å². The maximum Gasteiger partial charge on any atom is 0.120 e. The molecule has 534 valence electrons. The van der Waals surface area contributed by atoms with Crippen LogP contribution in [0, 0.1) is 6.92 Å². The molecule has 0 atom stereocenters. The lowest BCUT2D eigenvalue weighted by atomic mass is 10.1. The van der Waals surface area contributed by atoms with Gasteiger partial charge in [0.05, 0.1) is 14.2 Å². The lowest BCUT2D eigenvalue weighted by Gasteiger charge is -2.27. The molecule has 0 aliphatic heterocycles. The Morgan fingerprint density at radius 3 is 0.645 bits per heavy atom. The van der Waals surface area contributed by atoms with Crippen LogP contribution in [0.15, 0.2) is 400 Å². The number of ether oxygens (including phenoxy) is 2. The normalized spacial score (nSPS) is 11.0. The van der Waals surface area contributed by atoms with Crippen LogP contribution in [0.2, 0.25) is 0 Å². The van der Waals surface area contributed by atoms with Gasteiger partial charge in [0.15, 0.2) is 0 Å². The Morgan fingerprint density at radius 1 is 0.164 bits per heavy atom. The van der Waals surface area contributed by atoms with E-state index in [1.54, 1.807) is 14.2 Å². The van der Waals surface area contributed by atoms with Gasteiger partial charge < -0.3 is 38.9 Å². The van der Waals surface area contributed by atoms with Crippen LogP contribution < -0.4 is 38.9 Å². The second-order valence-corrected chi connectivity index (χ2v) is 27.7. The number of rotatable bonds is 17. The van der Waals surface area contributed by atoms with Crippen LogP contribution in [0.1, 0.15) is 5.56 Å². The SMILES string of the molecule is COc1ccc(N(C)c2ccc(N(c3ccc4ccccc4c3)c3ccc4ccccc4c3)cc2)cc1.COc1cccc(N(C)c2ccc(N(c3ccc4ccccc4c3)c3ccc4ccccc4c3)cc2)c1.Cc1cccc(N(C)c2ccc(N(c3ccc4ccccc4c3)c3ccc4ccccc4c3)cc2)c1. The summed E-state index contributed by atoms with van der Waals surface area (Å²) in [4.78, 5) is 13.6. The molecular weight excluding hydrogens is 1340 g/mol. The third kappa shape index (κ3) is 15.3. The number of benzene rings is 18. The van der Waals surface area contributed by atoms with E-state index in [-0.39, 0.29) is 0 Å². The summed E-state index contributed by atoms with van der Waals surface area (Å²) in [7, 11) is 9.67. The number of anilines is 15. The van der Waals surface area contributed by atoms with Crippen LogP contribution in [0.3, 0.4) is 0 Å². The summed E-state index contributed by atoms with van der Waals surface area (Å²) in [5.41, 5.74) is 18.1. The van der Waals surface area contributed by atoms with E-state index in [0.29, 0.717) is 0 Å². The molecule has 0 saturated carbocycles. The summed E-state index contributed by atoms with van der Waals surface area (Å²) >= 11 is 0. The van der Waals surface area contributed by atoms with Crippen molar-refractivity contribution in [3.8, 4) is 11.5 Å². The average Bonchev–Trinajstić information content (AvgIpc) is 0.788. The van der Waals surface area contributed by atoms with Gasteiger partial charge in [0.1, 0.15) is 11.5 Å². The summed E-state index contributed by atoms with van der Waals surface area (Å²) in [6, 6.07) is 142. The lowest BCUT2D eigenvalue weighted by molar-refractivity contribution is 0.415. The molecule has 0 amide bonds. The van der Waals surface area contributed by atoms with E-state index in [1.165, 1.54) is 75.9 Å². The number of hydrogen-bond acceptors (Lipinski definition) is 8. The fourth-order valence-corrected chi connectivity index (χ4v) is 14.6. The molecule has 0 radical (unpaired) electrons. The van der Waals surface area contributed by atoms with Gasteiger partial charge in [-0.05, 0) is 271 Å². The molecule has 0 N–H and O–H groups in total. The molecule has 0 saturated heterocycles. The first-order chi connectivity index (χ1) is 54.0. The van der Waals surface area contributed by atoms with E-state index < -0.39 is 0 Å². The molecule has 0 aliphatic carbocycles. The fourth-order valence-electron chi connectivity index (χ4n) is 14.6. The predicted molar refractivity (Wildman–Crippen MR) is 470 cm³/mol. The van der Waals surface area contributed by atoms with Gasteiger partial charge in [-0.15, -0.1) is 0 Å². The van der Waals surface area contributed by atoms with Gasteiger partial charge in [0.25, 0.3) is 0 Å². The highest BCUT2D eigenvalue weighted by atomic mass is 16.5. The Labute approximate surface area is 644 Å². The third-order valence-electron chi connectivity index (χ3n) is 20.7. The standard InChI is InChI=1S/2C34H28N2O.C34H28N2/c1-35(31-12-7-13-34(24-31)37-2)29-18-20-30(21-19-29)36(32-16-14-25-8-3-5-10-27(25)22-32)33-17-15-26-9-4-6-11-28(26)23-33;1-35(30-19-21-34(37-2)22-20-30)29-15-17-31(18-16-29)36(32-13-11-25-7-3-5-9-27(25)23-32)33-14-12-26-8-4-6-10-28(26)24-33;1-25-8-7-13-32(22-25)35(2)30-18-20-31(21-19-30)36(33-16-14-26-9-3-5-11-28(26)23-33)34-17-15-27-10-4-6-12-29(27)24-34/h2*3-24H,1-2H3;3-24H,1-2H3. The third-order valence-corrected chi connectivity index (χ3v) is 20.7. The molecule has 0 fully saturated rings. The highest BCUT2D eigenvalue weighted by Crippen LogP contribution is 2.43. The zero-order valence-electron chi connectivity index (χ0n) is 62.6. The minimum Gasteiger partial charge on any atom is -0.497 e. The van der Waals surface area contributed by atoms with Crippen molar-refractivity contribution >= 4 is 150 Å². The van der Waals surface area contributed by atoms with Crippen molar-refractivity contribution in [1.29, 1.82) is 0 Å². The first-order valence-corrected chi connectivity index (χ1v) is 37.2. The van der Waals surface area contributed by atoms with Crippen LogP contribution in [0.5, 0.6) is 11.5 Å². The predicted octanol–water partition coefficient (Wildman–Crippen LogP) is 28.0. The monoisotopic (exact) mass is 1420 g/mol. The van der Waals surface area contributed by atoms with E-state index in [0.717, 1.165) is 91.1 Å². The highest BCUT2D eigenvalue weighted by molar-refractivity contribution is 5.97. The van der Waals surface area contributed by atoms with E-state index in [4.69, 9.17) is 9.47 Å². The van der Waals surface area contributed by atoms with E-state index >= 15 is 0 Å². The summed E-state index contributed by atoms with van der Waals surface area (Å²) in [6.45, 7) is 2.13. The molecule has 0 heterocycles. The summed E-state index contributed by atoms with van der Waals surface area (Å²) in [5.74, 6) is 1.70. The Balaban J connectivity index is 0.000000125. The number of fused-ring (bicyclic) bond motifs is 6. The quantitative estimate of drug-likeness (QED) is 0.0893. The van der Waals surface area contributed by atoms with Crippen molar-refractivity contribution in [2.45, 2.75) is 6.92 Å². The van der Waals surface area contributed by atoms with Gasteiger partial charge in [0.2, 0.25) is 0 Å². The van der Waals surface area contributed by atoms with Crippen LogP contribution in [-0.4, -0.2) is 35.4 Å². The molecule has 0 unspecified atom stereocenters. The van der Waals surface area contributed by atoms with Crippen LogP contribution >= 0.6 is 0 Å². The number of nitrogens with zero attached hydrogens (tertiary/aromatic N) is 6. The van der Waals surface area contributed by atoms with Gasteiger partial charge in [0, 0.05) is 113 Å². The molecule has 18 aromatic rings. The summed E-state index contributed by atoms with van der Waals surface area (Å²) in [5, 5.41) is 14.8. The highest BCUT2D eigenvalue weighted by Gasteiger charge is 2.20. The van der Waals surface area contributed by atoms with Gasteiger partial charge in [-0.2, -0.15) is 0 Å². The van der Waals surface area contributed by atoms with Crippen molar-refractivity contribution in [3.63, 3.8) is 0 Å². The fraction of sp³-hybridized carbons (Fsp3) is 0.0588.